The molecular weight excluding hydrogens is 300 g/mol. The summed E-state index contributed by atoms with van der Waals surface area (Å²) in [5.74, 6) is 1.88. The summed E-state index contributed by atoms with van der Waals surface area (Å²) in [6, 6.07) is 7.48. The third-order valence-electron chi connectivity index (χ3n) is 4.95. The number of aromatic nitrogens is 1. The van der Waals surface area contributed by atoms with E-state index in [-0.39, 0.29) is 6.10 Å². The Balaban J connectivity index is 1.62. The number of fused-ring (bicyclic) bond motifs is 2. The largest absolute Gasteiger partial charge is 0.485 e. The zero-order valence-electron chi connectivity index (χ0n) is 12.2. The van der Waals surface area contributed by atoms with Gasteiger partial charge in [0.25, 0.3) is 0 Å². The van der Waals surface area contributed by atoms with Crippen molar-refractivity contribution in [2.45, 2.75) is 25.0 Å². The Bertz CT molecular complexity index is 693. The molecular formula is C17H19ClN2O2. The van der Waals surface area contributed by atoms with Crippen LogP contribution in [-0.2, 0) is 0 Å². The molecule has 0 bridgehead atoms. The molecule has 0 amide bonds. The van der Waals surface area contributed by atoms with Crippen LogP contribution in [0.1, 0.15) is 12.8 Å². The molecule has 0 radical (unpaired) electrons. The maximum Gasteiger partial charge on any atom is 0.146 e. The molecule has 2 aromatic rings. The summed E-state index contributed by atoms with van der Waals surface area (Å²) in [6.07, 6.45) is 2.83. The molecule has 116 valence electrons. The van der Waals surface area contributed by atoms with Crippen molar-refractivity contribution in [1.29, 1.82) is 0 Å². The Morgan fingerprint density at radius 1 is 1.18 bits per heavy atom. The van der Waals surface area contributed by atoms with Crippen molar-refractivity contribution in [3.05, 3.63) is 35.5 Å². The number of halogens is 1. The van der Waals surface area contributed by atoms with Gasteiger partial charge < -0.3 is 15.2 Å². The number of pyridine rings is 1. The van der Waals surface area contributed by atoms with E-state index in [1.807, 2.05) is 24.3 Å². The molecule has 4 nitrogen and oxygen atoms in total. The first-order valence-electron chi connectivity index (χ1n) is 7.81. The van der Waals surface area contributed by atoms with Gasteiger partial charge in [0.1, 0.15) is 17.4 Å². The molecule has 4 atom stereocenters. The Labute approximate surface area is 134 Å². The Hall–Kier alpha value is -1.36. The molecule has 1 aromatic heterocycles. The maximum atomic E-state index is 10.4. The fourth-order valence-corrected chi connectivity index (χ4v) is 3.97. The molecule has 1 aliphatic carbocycles. The van der Waals surface area contributed by atoms with Crippen LogP contribution in [0.15, 0.2) is 30.5 Å². The lowest BCUT2D eigenvalue weighted by Crippen LogP contribution is -2.42. The van der Waals surface area contributed by atoms with E-state index in [0.717, 1.165) is 36.8 Å². The predicted octanol–water partition coefficient (Wildman–Crippen LogP) is 2.63. The monoisotopic (exact) mass is 318 g/mol. The van der Waals surface area contributed by atoms with Crippen LogP contribution in [0.2, 0.25) is 5.02 Å². The van der Waals surface area contributed by atoms with Gasteiger partial charge in [0.05, 0.1) is 11.1 Å². The molecule has 2 aliphatic rings. The highest BCUT2D eigenvalue weighted by Crippen LogP contribution is 2.37. The second kappa shape index (κ2) is 5.69. The van der Waals surface area contributed by atoms with Gasteiger partial charge >= 0.3 is 0 Å². The molecule has 4 rings (SSSR count). The lowest BCUT2D eigenvalue weighted by molar-refractivity contribution is -0.0225. The van der Waals surface area contributed by atoms with Crippen molar-refractivity contribution >= 4 is 22.5 Å². The van der Waals surface area contributed by atoms with Gasteiger partial charge in [0, 0.05) is 11.6 Å². The number of rotatable bonds is 2. The first-order valence-corrected chi connectivity index (χ1v) is 8.19. The first-order chi connectivity index (χ1) is 10.7. The van der Waals surface area contributed by atoms with Crippen LogP contribution < -0.4 is 10.1 Å². The van der Waals surface area contributed by atoms with Gasteiger partial charge in [-0.05, 0) is 62.0 Å². The second-order valence-electron chi connectivity index (χ2n) is 6.32. The van der Waals surface area contributed by atoms with Crippen molar-refractivity contribution < 1.29 is 9.84 Å². The van der Waals surface area contributed by atoms with Crippen LogP contribution in [0.25, 0.3) is 10.9 Å². The topological polar surface area (TPSA) is 54.4 Å². The smallest absolute Gasteiger partial charge is 0.146 e. The molecule has 0 spiro atoms. The van der Waals surface area contributed by atoms with Crippen LogP contribution in [0.4, 0.5) is 0 Å². The second-order valence-corrected chi connectivity index (χ2v) is 6.73. The number of aliphatic hydroxyl groups excluding tert-OH is 1. The summed E-state index contributed by atoms with van der Waals surface area (Å²) in [5.41, 5.74) is 0.758. The van der Waals surface area contributed by atoms with Gasteiger partial charge in [-0.25, -0.2) is 0 Å². The molecule has 1 saturated carbocycles. The van der Waals surface area contributed by atoms with Gasteiger partial charge in [-0.1, -0.05) is 11.6 Å². The van der Waals surface area contributed by atoms with Gasteiger partial charge in [-0.15, -0.1) is 0 Å². The van der Waals surface area contributed by atoms with Crippen molar-refractivity contribution in [2.75, 3.05) is 13.1 Å². The van der Waals surface area contributed by atoms with E-state index in [4.69, 9.17) is 16.3 Å². The Morgan fingerprint density at radius 3 is 2.86 bits per heavy atom. The number of nitrogens with one attached hydrogen (secondary N) is 1. The number of nitrogens with zero attached hydrogens (tertiary/aromatic N) is 1. The van der Waals surface area contributed by atoms with Crippen LogP contribution in [0.5, 0.6) is 5.75 Å². The average Bonchev–Trinajstić information content (AvgIpc) is 2.97. The van der Waals surface area contributed by atoms with Crippen LogP contribution in [0, 0.1) is 11.8 Å². The van der Waals surface area contributed by atoms with Crippen LogP contribution in [0.3, 0.4) is 0 Å². The van der Waals surface area contributed by atoms with Crippen molar-refractivity contribution in [1.82, 2.24) is 10.3 Å². The molecule has 2 fully saturated rings. The minimum absolute atomic E-state index is 0.174. The maximum absolute atomic E-state index is 10.4. The summed E-state index contributed by atoms with van der Waals surface area (Å²) < 4.78 is 6.15. The SMILES string of the molecule is O[C@@H]1C[C@H]2CNC[C@H]2C[C@H]1Oc1ccc(Cl)c2cccnc12. The number of ether oxygens (including phenoxy) is 1. The zero-order valence-corrected chi connectivity index (χ0v) is 13.0. The van der Waals surface area contributed by atoms with Crippen molar-refractivity contribution in [2.24, 2.45) is 11.8 Å². The summed E-state index contributed by atoms with van der Waals surface area (Å²) in [6.45, 7) is 2.04. The standard InChI is InChI=1S/C17H19ClN2O2/c18-13-3-4-15(17-12(13)2-1-5-20-17)22-16-7-11-9-19-8-10(11)6-14(16)21/h1-5,10-11,14,16,19,21H,6-9H2/t10-,11+,14+,16+/m0/s1. The number of hydrogen-bond acceptors (Lipinski definition) is 4. The predicted molar refractivity (Wildman–Crippen MR) is 86.3 cm³/mol. The van der Waals surface area contributed by atoms with Crippen LogP contribution in [-0.4, -0.2) is 35.4 Å². The normalized spacial score (nSPS) is 31.2. The van der Waals surface area contributed by atoms with E-state index in [1.54, 1.807) is 6.20 Å². The molecule has 0 unspecified atom stereocenters. The Morgan fingerprint density at radius 2 is 2.00 bits per heavy atom. The van der Waals surface area contributed by atoms with E-state index in [2.05, 4.69) is 10.3 Å². The van der Waals surface area contributed by atoms with E-state index >= 15 is 0 Å². The Kier molecular flexibility index (Phi) is 3.68. The van der Waals surface area contributed by atoms with Crippen molar-refractivity contribution in [3.63, 3.8) is 0 Å². The fourth-order valence-electron chi connectivity index (χ4n) is 3.75. The molecule has 22 heavy (non-hydrogen) atoms. The average molecular weight is 319 g/mol. The lowest BCUT2D eigenvalue weighted by Gasteiger charge is -2.35. The van der Waals surface area contributed by atoms with Gasteiger partial charge in [-0.2, -0.15) is 0 Å². The molecule has 5 heteroatoms. The summed E-state index contributed by atoms with van der Waals surface area (Å²) in [7, 11) is 0. The summed E-state index contributed by atoms with van der Waals surface area (Å²) in [5, 5.41) is 15.4. The van der Waals surface area contributed by atoms with E-state index < -0.39 is 6.10 Å². The van der Waals surface area contributed by atoms with Crippen molar-refractivity contribution in [3.8, 4) is 5.75 Å². The van der Waals surface area contributed by atoms with Gasteiger partial charge in [0.15, 0.2) is 0 Å². The summed E-state index contributed by atoms with van der Waals surface area (Å²) >= 11 is 6.22. The highest BCUT2D eigenvalue weighted by molar-refractivity contribution is 6.35. The quantitative estimate of drug-likeness (QED) is 0.894. The van der Waals surface area contributed by atoms with Gasteiger partial charge in [0.2, 0.25) is 0 Å². The number of benzene rings is 1. The van der Waals surface area contributed by atoms with E-state index in [1.165, 1.54) is 0 Å². The lowest BCUT2D eigenvalue weighted by atomic mass is 9.78. The van der Waals surface area contributed by atoms with E-state index in [9.17, 15) is 5.11 Å². The first kappa shape index (κ1) is 14.2. The summed E-state index contributed by atoms with van der Waals surface area (Å²) in [4.78, 5) is 4.40. The fraction of sp³-hybridized carbons (Fsp3) is 0.471. The third kappa shape index (κ3) is 2.45. The van der Waals surface area contributed by atoms with E-state index in [0.29, 0.717) is 22.6 Å². The van der Waals surface area contributed by atoms with Gasteiger partial charge in [-0.3, -0.25) is 4.98 Å². The molecule has 2 heterocycles. The molecule has 2 N–H and O–H groups in total. The minimum atomic E-state index is -0.421. The van der Waals surface area contributed by atoms with Crippen LogP contribution >= 0.6 is 11.6 Å². The zero-order chi connectivity index (χ0) is 15.1. The highest BCUT2D eigenvalue weighted by Gasteiger charge is 2.40. The number of aliphatic hydroxyl groups is 1. The molecule has 1 aliphatic heterocycles. The molecule has 1 aromatic carbocycles. The minimum Gasteiger partial charge on any atom is -0.485 e. The highest BCUT2D eigenvalue weighted by atomic mass is 35.5. The molecule has 1 saturated heterocycles. The third-order valence-corrected chi connectivity index (χ3v) is 5.28. The number of hydrogen-bond donors (Lipinski definition) is 2.